The lowest BCUT2D eigenvalue weighted by atomic mass is 10.3. The zero-order valence-corrected chi connectivity index (χ0v) is 11.4. The van der Waals surface area contributed by atoms with Crippen LogP contribution < -0.4 is 10.2 Å². The largest absolute Gasteiger partial charge is 0.341 e. The fraction of sp³-hybridized carbons (Fsp3) is 0.0833. The molecule has 9 heteroatoms. The number of para-hydroxylation sites is 1. The van der Waals surface area contributed by atoms with E-state index in [1.54, 1.807) is 23.6 Å². The third-order valence-electron chi connectivity index (χ3n) is 2.57. The lowest BCUT2D eigenvalue weighted by Gasteiger charge is -2.01. The summed E-state index contributed by atoms with van der Waals surface area (Å²) in [5, 5.41) is 12.2. The average molecular weight is 303 g/mol. The van der Waals surface area contributed by atoms with Crippen molar-refractivity contribution in [2.24, 2.45) is 0 Å². The number of carbonyl (C=O) groups excluding carboxylic acids is 2. The molecule has 0 bridgehead atoms. The maximum absolute atomic E-state index is 11.9. The Morgan fingerprint density at radius 3 is 3.14 bits per heavy atom. The predicted octanol–water partition coefficient (Wildman–Crippen LogP) is 0.654. The van der Waals surface area contributed by atoms with Gasteiger partial charge in [-0.3, -0.25) is 4.79 Å². The van der Waals surface area contributed by atoms with Gasteiger partial charge in [0.25, 0.3) is 0 Å². The molecular weight excluding hydrogens is 294 g/mol. The van der Waals surface area contributed by atoms with Crippen molar-refractivity contribution in [2.45, 2.75) is 6.42 Å². The Balaban J connectivity index is 1.69. The highest BCUT2D eigenvalue weighted by atomic mass is 32.1. The summed E-state index contributed by atoms with van der Waals surface area (Å²) in [6.07, 6.45) is 0.508. The molecule has 0 saturated carbocycles. The Kier molecular flexibility index (Phi) is 3.56. The SMILES string of the molecule is O=CNc1nc(CC(=O)On2nnc3ccccc32)cs1. The molecule has 0 spiro atoms. The van der Waals surface area contributed by atoms with Crippen molar-refractivity contribution in [3.8, 4) is 0 Å². The molecule has 0 aliphatic rings. The van der Waals surface area contributed by atoms with Crippen LogP contribution in [0, 0.1) is 0 Å². The van der Waals surface area contributed by atoms with Crippen molar-refractivity contribution >= 4 is 39.9 Å². The topological polar surface area (TPSA) is 99.0 Å². The van der Waals surface area contributed by atoms with Crippen LogP contribution in [0.4, 0.5) is 5.13 Å². The number of fused-ring (bicyclic) bond motifs is 1. The van der Waals surface area contributed by atoms with Gasteiger partial charge in [0.2, 0.25) is 6.41 Å². The molecule has 0 saturated heterocycles. The summed E-state index contributed by atoms with van der Waals surface area (Å²) in [5.41, 5.74) is 1.75. The van der Waals surface area contributed by atoms with Crippen LogP contribution >= 0.6 is 11.3 Å². The van der Waals surface area contributed by atoms with Gasteiger partial charge in [0.15, 0.2) is 5.13 Å². The van der Waals surface area contributed by atoms with E-state index in [9.17, 15) is 9.59 Å². The van der Waals surface area contributed by atoms with Crippen LogP contribution in [-0.4, -0.2) is 32.5 Å². The number of aromatic nitrogens is 4. The maximum atomic E-state index is 11.9. The minimum atomic E-state index is -0.520. The molecule has 3 aromatic rings. The summed E-state index contributed by atoms with van der Waals surface area (Å²) in [6.45, 7) is 0. The highest BCUT2D eigenvalue weighted by molar-refractivity contribution is 7.13. The monoisotopic (exact) mass is 303 g/mol. The summed E-state index contributed by atoms with van der Waals surface area (Å²) < 4.78 is 0. The maximum Gasteiger partial charge on any atom is 0.341 e. The molecule has 0 aliphatic carbocycles. The van der Waals surface area contributed by atoms with Crippen LogP contribution in [0.3, 0.4) is 0 Å². The van der Waals surface area contributed by atoms with E-state index in [1.807, 2.05) is 6.07 Å². The van der Waals surface area contributed by atoms with E-state index in [0.717, 1.165) is 4.85 Å². The molecule has 2 aromatic heterocycles. The van der Waals surface area contributed by atoms with Crippen molar-refractivity contribution in [1.82, 2.24) is 20.1 Å². The number of hydrogen-bond donors (Lipinski definition) is 1. The van der Waals surface area contributed by atoms with E-state index in [4.69, 9.17) is 4.84 Å². The van der Waals surface area contributed by atoms with Crippen molar-refractivity contribution in [1.29, 1.82) is 0 Å². The molecule has 0 atom stereocenters. The second-order valence-corrected chi connectivity index (χ2v) is 4.86. The summed E-state index contributed by atoms with van der Waals surface area (Å²) >= 11 is 1.23. The third-order valence-corrected chi connectivity index (χ3v) is 3.39. The van der Waals surface area contributed by atoms with E-state index >= 15 is 0 Å². The van der Waals surface area contributed by atoms with Crippen molar-refractivity contribution in [3.63, 3.8) is 0 Å². The van der Waals surface area contributed by atoms with Gasteiger partial charge in [-0.1, -0.05) is 17.0 Å². The third kappa shape index (κ3) is 2.87. The standard InChI is InChI=1S/C12H9N5O3S/c18-7-13-12-14-8(6-21-12)5-11(19)20-17-10-4-2-1-3-9(10)15-16-17/h1-4,6-7H,5H2,(H,13,14,18). The number of anilines is 1. The Hall–Kier alpha value is -2.81. The van der Waals surface area contributed by atoms with E-state index < -0.39 is 5.97 Å². The molecule has 1 amide bonds. The minimum Gasteiger partial charge on any atom is -0.317 e. The summed E-state index contributed by atoms with van der Waals surface area (Å²) in [7, 11) is 0. The van der Waals surface area contributed by atoms with Crippen molar-refractivity contribution in [2.75, 3.05) is 5.32 Å². The van der Waals surface area contributed by atoms with Gasteiger partial charge in [-0.05, 0) is 17.3 Å². The lowest BCUT2D eigenvalue weighted by Crippen LogP contribution is -2.22. The van der Waals surface area contributed by atoms with Gasteiger partial charge in [-0.25, -0.2) is 9.78 Å². The fourth-order valence-electron chi connectivity index (χ4n) is 1.70. The number of nitrogens with zero attached hydrogens (tertiary/aromatic N) is 4. The normalized spacial score (nSPS) is 10.5. The Morgan fingerprint density at radius 2 is 2.29 bits per heavy atom. The van der Waals surface area contributed by atoms with Crippen LogP contribution in [0.5, 0.6) is 0 Å². The fourth-order valence-corrected chi connectivity index (χ4v) is 2.37. The zero-order chi connectivity index (χ0) is 14.7. The van der Waals surface area contributed by atoms with Gasteiger partial charge >= 0.3 is 5.97 Å². The van der Waals surface area contributed by atoms with Gasteiger partial charge in [0, 0.05) is 5.38 Å². The highest BCUT2D eigenvalue weighted by Gasteiger charge is 2.12. The minimum absolute atomic E-state index is 0.0226. The Bertz CT molecular complexity index is 797. The van der Waals surface area contributed by atoms with Crippen LogP contribution in [-0.2, 0) is 16.0 Å². The van der Waals surface area contributed by atoms with Crippen LogP contribution in [0.15, 0.2) is 29.6 Å². The number of amides is 1. The van der Waals surface area contributed by atoms with Gasteiger partial charge in [0.1, 0.15) is 11.0 Å². The van der Waals surface area contributed by atoms with Crippen LogP contribution in [0.1, 0.15) is 5.69 Å². The quantitative estimate of drug-likeness (QED) is 0.549. The first kappa shape index (κ1) is 13.2. The van der Waals surface area contributed by atoms with E-state index in [0.29, 0.717) is 28.3 Å². The molecule has 0 radical (unpaired) electrons. The number of carbonyl (C=O) groups is 2. The predicted molar refractivity (Wildman–Crippen MR) is 74.6 cm³/mol. The second-order valence-electron chi connectivity index (χ2n) is 4.00. The summed E-state index contributed by atoms with van der Waals surface area (Å²) in [6, 6.07) is 7.13. The lowest BCUT2D eigenvalue weighted by molar-refractivity contribution is -0.144. The molecule has 3 rings (SSSR count). The first-order valence-corrected chi connectivity index (χ1v) is 6.80. The average Bonchev–Trinajstić information content (AvgIpc) is 3.07. The first-order chi connectivity index (χ1) is 10.3. The van der Waals surface area contributed by atoms with Crippen molar-refractivity contribution < 1.29 is 14.4 Å². The van der Waals surface area contributed by atoms with E-state index in [2.05, 4.69) is 20.6 Å². The second kappa shape index (κ2) is 5.67. The molecule has 1 aromatic carbocycles. The molecule has 2 heterocycles. The summed E-state index contributed by atoms with van der Waals surface area (Å²) in [4.78, 5) is 32.4. The van der Waals surface area contributed by atoms with Gasteiger partial charge < -0.3 is 10.2 Å². The highest BCUT2D eigenvalue weighted by Crippen LogP contribution is 2.15. The molecule has 21 heavy (non-hydrogen) atoms. The smallest absolute Gasteiger partial charge is 0.317 e. The number of benzene rings is 1. The van der Waals surface area contributed by atoms with Gasteiger partial charge in [-0.2, -0.15) is 0 Å². The van der Waals surface area contributed by atoms with Crippen LogP contribution in [0.25, 0.3) is 11.0 Å². The zero-order valence-electron chi connectivity index (χ0n) is 10.6. The molecule has 0 unspecified atom stereocenters. The molecule has 0 fully saturated rings. The first-order valence-electron chi connectivity index (χ1n) is 5.92. The number of thiazole rings is 1. The van der Waals surface area contributed by atoms with Gasteiger partial charge in [-0.15, -0.1) is 16.4 Å². The molecular formula is C12H9N5O3S. The molecule has 0 aliphatic heterocycles. The van der Waals surface area contributed by atoms with Crippen LogP contribution in [0.2, 0.25) is 0 Å². The number of nitrogens with one attached hydrogen (secondary N) is 1. The molecule has 1 N–H and O–H groups in total. The number of rotatable bonds is 5. The molecule has 106 valence electrons. The molecule has 8 nitrogen and oxygen atoms in total. The van der Waals surface area contributed by atoms with Gasteiger partial charge in [0.05, 0.1) is 12.1 Å². The number of hydrogen-bond acceptors (Lipinski definition) is 7. The van der Waals surface area contributed by atoms with E-state index in [1.165, 1.54) is 11.3 Å². The Morgan fingerprint density at radius 1 is 1.43 bits per heavy atom. The van der Waals surface area contributed by atoms with Crippen molar-refractivity contribution in [3.05, 3.63) is 35.3 Å². The summed E-state index contributed by atoms with van der Waals surface area (Å²) in [5.74, 6) is -0.520. The Labute approximate surface area is 122 Å². The van der Waals surface area contributed by atoms with E-state index in [-0.39, 0.29) is 6.42 Å².